The van der Waals surface area contributed by atoms with Crippen molar-refractivity contribution in [3.05, 3.63) is 48.0 Å². The average Bonchev–Trinajstić information content (AvgIpc) is 4.04. The number of ether oxygens (including phenoxy) is 6. The highest BCUT2D eigenvalue weighted by atomic mass is 16.7. The van der Waals surface area contributed by atoms with Crippen LogP contribution < -0.4 is 0 Å². The summed E-state index contributed by atoms with van der Waals surface area (Å²) in [5.41, 5.74) is -1.71. The number of rotatable bonds is 14. The van der Waals surface area contributed by atoms with Gasteiger partial charge in [-0.3, -0.25) is 9.48 Å². The Morgan fingerprint density at radius 1 is 0.930 bits per heavy atom. The second kappa shape index (κ2) is 23.7. The first kappa shape index (κ1) is 56.7. The smallest absolute Gasteiger partial charge is 0.311 e. The van der Waals surface area contributed by atoms with Gasteiger partial charge in [0, 0.05) is 63.8 Å². The van der Waals surface area contributed by atoms with Crippen molar-refractivity contribution in [3.63, 3.8) is 0 Å². The van der Waals surface area contributed by atoms with Gasteiger partial charge in [0.15, 0.2) is 12.6 Å². The Balaban J connectivity index is 1.23. The monoisotopic (exact) mass is 1000 g/mol. The third kappa shape index (κ3) is 13.4. The van der Waals surface area contributed by atoms with Gasteiger partial charge in [-0.25, -0.2) is 4.68 Å². The maximum absolute atomic E-state index is 14.5. The summed E-state index contributed by atoms with van der Waals surface area (Å²) in [7, 11) is 5.29. The molecule has 5 N–H and O–H groups in total. The molecule has 0 unspecified atom stereocenters. The van der Waals surface area contributed by atoms with E-state index in [-0.39, 0.29) is 31.3 Å². The lowest BCUT2D eigenvalue weighted by atomic mass is 9.77. The molecule has 1 aromatic carbocycles. The van der Waals surface area contributed by atoms with Crippen LogP contribution in [0.2, 0.25) is 0 Å². The van der Waals surface area contributed by atoms with Gasteiger partial charge in [-0.2, -0.15) is 0 Å². The van der Waals surface area contributed by atoms with Crippen molar-refractivity contribution < 1.29 is 58.7 Å². The zero-order valence-electron chi connectivity index (χ0n) is 44.1. The number of aliphatic hydroxyl groups is 5. The van der Waals surface area contributed by atoms with E-state index in [0.717, 1.165) is 23.4 Å². The SMILES string of the molecule is CC[C@H]1OC(=O)[C@H](C)[C@@H](O[C@H]2C[C@@](C)(OC)[C@@H](O)[C@H](C)O2)[C@H](C)[C@@H](O[C@@H]2O[C@H](C)C[C@H](N(C)CCc3cn(CCc4ccc(-n5cnnn5)cc4)nn3)[C@H]2O)[C@](C)(O)C[C@@H](C)CN(C)[C@H](C)[C@@H](O)[C@]1(C)O. The number of cyclic esters (lactones) is 1. The lowest BCUT2D eigenvalue weighted by molar-refractivity contribution is -0.318. The molecule has 0 aliphatic carbocycles. The number of aryl methyl sites for hydroxylation is 2. The van der Waals surface area contributed by atoms with Crippen molar-refractivity contribution in [3.8, 4) is 5.69 Å². The second-order valence-electron chi connectivity index (χ2n) is 21.6. The number of carbonyl (C=O) groups is 1. The van der Waals surface area contributed by atoms with E-state index in [1.165, 1.54) is 14.0 Å². The lowest BCUT2D eigenvalue weighted by Gasteiger charge is -2.49. The molecule has 3 saturated heterocycles. The summed E-state index contributed by atoms with van der Waals surface area (Å²) in [6.45, 7) is 19.2. The van der Waals surface area contributed by atoms with Crippen LogP contribution in [0.25, 0.3) is 5.69 Å². The number of benzene rings is 1. The van der Waals surface area contributed by atoms with Crippen LogP contribution in [-0.2, 0) is 52.6 Å². The topological polar surface area (TPSA) is 254 Å². The number of tetrazole rings is 1. The molecule has 3 aromatic rings. The number of carbonyl (C=O) groups excluding carboxylic acids is 1. The first-order chi connectivity index (χ1) is 33.4. The predicted octanol–water partition coefficient (Wildman–Crippen LogP) is 2.32. The molecule has 0 radical (unpaired) electrons. The van der Waals surface area contributed by atoms with Crippen molar-refractivity contribution in [2.45, 2.75) is 205 Å². The largest absolute Gasteiger partial charge is 0.459 e. The maximum atomic E-state index is 14.5. The fourth-order valence-corrected chi connectivity index (χ4v) is 11.0. The Bertz CT molecular complexity index is 2110. The molecule has 0 amide bonds. The van der Waals surface area contributed by atoms with E-state index in [2.05, 4.69) is 30.7 Å². The summed E-state index contributed by atoms with van der Waals surface area (Å²) in [5.74, 6) is -2.76. The van der Waals surface area contributed by atoms with Crippen molar-refractivity contribution in [1.29, 1.82) is 0 Å². The number of nitrogens with zero attached hydrogens (tertiary/aromatic N) is 9. The summed E-state index contributed by atoms with van der Waals surface area (Å²) >= 11 is 0. The van der Waals surface area contributed by atoms with Crippen molar-refractivity contribution in [1.82, 2.24) is 45.0 Å². The zero-order valence-corrected chi connectivity index (χ0v) is 44.1. The highest BCUT2D eigenvalue weighted by Crippen LogP contribution is 2.40. The Morgan fingerprint density at radius 3 is 2.28 bits per heavy atom. The van der Waals surface area contributed by atoms with E-state index in [1.54, 1.807) is 52.6 Å². The molecule has 21 nitrogen and oxygen atoms in total. The van der Waals surface area contributed by atoms with Gasteiger partial charge < -0.3 is 63.8 Å². The number of hydrogen-bond acceptors (Lipinski definition) is 19. The van der Waals surface area contributed by atoms with Crippen molar-refractivity contribution >= 4 is 5.97 Å². The molecule has 0 saturated carbocycles. The molecular formula is C50H83N9O12. The molecule has 0 spiro atoms. The standard InChI is InChI=1S/C50H83N9O12/c1-14-39-50(10,65)43(61)33(6)57(12)26-29(2)24-48(8,64)45(31(4)42(32(5)46(63)69-39)70-40-25-49(9,66-13)44(62)34(7)68-40)71-47-41(60)38(23-30(3)67-47)56(11)21-20-36-27-58(54-52-36)22-19-35-15-17-37(18-16-35)59-28-51-53-55-59/h15-18,27-34,38-45,47,60-62,64-65H,14,19-26H2,1-13H3/t29-,30-,31+,32-,33-,34+,38+,39-,40+,41-,42+,43-,44+,45-,47+,48-,49-,50-/m1/s1. The minimum absolute atomic E-state index is 0.104. The maximum Gasteiger partial charge on any atom is 0.311 e. The van der Waals surface area contributed by atoms with Crippen molar-refractivity contribution in [2.24, 2.45) is 17.8 Å². The second-order valence-corrected chi connectivity index (χ2v) is 21.6. The van der Waals surface area contributed by atoms with Crippen LogP contribution in [0.1, 0.15) is 106 Å². The van der Waals surface area contributed by atoms with Crippen LogP contribution in [0.15, 0.2) is 36.8 Å². The molecule has 6 rings (SSSR count). The Kier molecular flexibility index (Phi) is 19.0. The number of esters is 1. The lowest BCUT2D eigenvalue weighted by Crippen LogP contribution is -2.61. The van der Waals surface area contributed by atoms with E-state index >= 15 is 0 Å². The Hall–Kier alpha value is -3.58. The molecule has 3 aliphatic rings. The van der Waals surface area contributed by atoms with Crippen LogP contribution in [-0.4, -0.2) is 201 Å². The van der Waals surface area contributed by atoms with Gasteiger partial charge in [0.2, 0.25) is 0 Å². The fraction of sp³-hybridized carbons (Fsp3) is 0.800. The first-order valence-electron chi connectivity index (χ1n) is 25.4. The van der Waals surface area contributed by atoms with E-state index in [9.17, 15) is 30.3 Å². The first-order valence-corrected chi connectivity index (χ1v) is 25.4. The highest BCUT2D eigenvalue weighted by Gasteiger charge is 2.53. The summed E-state index contributed by atoms with van der Waals surface area (Å²) in [4.78, 5) is 18.5. The van der Waals surface area contributed by atoms with Gasteiger partial charge in [0.1, 0.15) is 36.3 Å². The van der Waals surface area contributed by atoms with Crippen LogP contribution in [0, 0.1) is 17.8 Å². The van der Waals surface area contributed by atoms with E-state index in [4.69, 9.17) is 28.4 Å². The van der Waals surface area contributed by atoms with E-state index in [1.807, 2.05) is 74.9 Å². The molecule has 21 heteroatoms. The summed E-state index contributed by atoms with van der Waals surface area (Å²) in [6.07, 6.45) is -4.17. The molecule has 2 aromatic heterocycles. The molecule has 3 aliphatic heterocycles. The number of methoxy groups -OCH3 is 1. The minimum atomic E-state index is -1.83. The summed E-state index contributed by atoms with van der Waals surface area (Å²) in [5, 5.41) is 79.8. The van der Waals surface area contributed by atoms with Gasteiger partial charge in [-0.05, 0) is 122 Å². The molecule has 71 heavy (non-hydrogen) atoms. The van der Waals surface area contributed by atoms with Gasteiger partial charge in [-0.15, -0.1) is 10.2 Å². The Labute approximate surface area is 419 Å². The normalized spacial score (nSPS) is 39.5. The number of aromatic nitrogens is 7. The van der Waals surface area contributed by atoms with Gasteiger partial charge in [0.05, 0.1) is 52.9 Å². The molecule has 5 heterocycles. The van der Waals surface area contributed by atoms with Gasteiger partial charge in [0.25, 0.3) is 0 Å². The van der Waals surface area contributed by atoms with Crippen LogP contribution in [0.3, 0.4) is 0 Å². The Morgan fingerprint density at radius 2 is 1.63 bits per heavy atom. The molecule has 400 valence electrons. The quantitative estimate of drug-likeness (QED) is 0.145. The van der Waals surface area contributed by atoms with E-state index < -0.39 is 102 Å². The predicted molar refractivity (Wildman–Crippen MR) is 260 cm³/mol. The number of hydrogen-bond donors (Lipinski definition) is 5. The van der Waals surface area contributed by atoms with E-state index in [0.29, 0.717) is 32.5 Å². The average molecular weight is 1000 g/mol. The molecule has 0 bridgehead atoms. The molecular weight excluding hydrogens is 919 g/mol. The van der Waals surface area contributed by atoms with Crippen LogP contribution >= 0.6 is 0 Å². The van der Waals surface area contributed by atoms with Gasteiger partial charge in [-0.1, -0.05) is 38.1 Å². The van der Waals surface area contributed by atoms with Crippen LogP contribution in [0.4, 0.5) is 0 Å². The molecule has 3 fully saturated rings. The number of aliphatic hydroxyl groups excluding tert-OH is 3. The number of likely N-dealkylation sites (N-methyl/N-ethyl adjacent to an activating group) is 2. The molecule has 18 atom stereocenters. The third-order valence-corrected chi connectivity index (χ3v) is 15.6. The minimum Gasteiger partial charge on any atom is -0.459 e. The van der Waals surface area contributed by atoms with Gasteiger partial charge >= 0.3 is 5.97 Å². The summed E-state index contributed by atoms with van der Waals surface area (Å²) < 4.78 is 41.7. The van der Waals surface area contributed by atoms with Crippen LogP contribution in [0.5, 0.6) is 0 Å². The summed E-state index contributed by atoms with van der Waals surface area (Å²) in [6, 6.07) is 7.02. The zero-order chi connectivity index (χ0) is 52.2. The van der Waals surface area contributed by atoms with Crippen molar-refractivity contribution in [2.75, 3.05) is 34.3 Å². The highest BCUT2D eigenvalue weighted by molar-refractivity contribution is 5.73. The third-order valence-electron chi connectivity index (χ3n) is 15.6. The fourth-order valence-electron chi connectivity index (χ4n) is 11.0.